The van der Waals surface area contributed by atoms with Gasteiger partial charge in [-0.05, 0) is 23.8 Å². The third-order valence-corrected chi connectivity index (χ3v) is 4.74. The molecule has 0 aliphatic carbocycles. The van der Waals surface area contributed by atoms with Gasteiger partial charge in [-0.25, -0.2) is 0 Å². The van der Waals surface area contributed by atoms with Crippen LogP contribution in [0, 0.1) is 11.3 Å². The second kappa shape index (κ2) is 6.25. The van der Waals surface area contributed by atoms with Gasteiger partial charge in [0.05, 0.1) is 24.7 Å². The van der Waals surface area contributed by atoms with Crippen molar-refractivity contribution in [2.75, 3.05) is 7.11 Å². The van der Waals surface area contributed by atoms with E-state index in [0.29, 0.717) is 12.8 Å². The van der Waals surface area contributed by atoms with E-state index < -0.39 is 5.60 Å². The second-order valence-corrected chi connectivity index (χ2v) is 7.02. The van der Waals surface area contributed by atoms with Gasteiger partial charge in [0.25, 0.3) is 0 Å². The van der Waals surface area contributed by atoms with E-state index in [-0.39, 0.29) is 23.4 Å². The van der Waals surface area contributed by atoms with Crippen LogP contribution in [0.5, 0.6) is 0 Å². The molecule has 3 heteroatoms. The first kappa shape index (κ1) is 16.8. The zero-order chi connectivity index (χ0) is 16.4. The lowest BCUT2D eigenvalue weighted by atomic mass is 9.71. The summed E-state index contributed by atoms with van der Waals surface area (Å²) in [6.07, 6.45) is 2.97. The molecule has 1 aliphatic heterocycles. The first-order chi connectivity index (χ1) is 10.3. The first-order valence-electron chi connectivity index (χ1n) is 7.76. The Morgan fingerprint density at radius 3 is 2.55 bits per heavy atom. The zero-order valence-corrected chi connectivity index (χ0v) is 14.0. The van der Waals surface area contributed by atoms with E-state index in [1.54, 1.807) is 0 Å². The second-order valence-electron chi connectivity index (χ2n) is 7.02. The number of rotatable bonds is 4. The summed E-state index contributed by atoms with van der Waals surface area (Å²) in [4.78, 5) is 12.3. The van der Waals surface area contributed by atoms with Crippen LogP contribution in [0.4, 0.5) is 0 Å². The highest BCUT2D eigenvalue weighted by Crippen LogP contribution is 2.53. The minimum absolute atomic E-state index is 0.100. The van der Waals surface area contributed by atoms with Gasteiger partial charge in [-0.2, -0.15) is 0 Å². The van der Waals surface area contributed by atoms with Gasteiger partial charge < -0.3 is 9.47 Å². The predicted molar refractivity (Wildman–Crippen MR) is 87.4 cm³/mol. The lowest BCUT2D eigenvalue weighted by molar-refractivity contribution is -0.148. The van der Waals surface area contributed by atoms with E-state index in [0.717, 1.165) is 5.56 Å². The zero-order valence-electron chi connectivity index (χ0n) is 14.0. The van der Waals surface area contributed by atoms with Crippen molar-refractivity contribution >= 4 is 5.97 Å². The molecule has 1 saturated heterocycles. The van der Waals surface area contributed by atoms with Gasteiger partial charge in [-0.1, -0.05) is 57.2 Å². The number of methoxy groups -OCH3 is 1. The molecule has 0 saturated carbocycles. The van der Waals surface area contributed by atoms with Crippen LogP contribution >= 0.6 is 0 Å². The summed E-state index contributed by atoms with van der Waals surface area (Å²) in [6.45, 7) is 10.3. The molecule has 0 unspecified atom stereocenters. The maximum absolute atomic E-state index is 12.3. The fraction of sp³-hybridized carbons (Fsp3) is 0.526. The van der Waals surface area contributed by atoms with Crippen LogP contribution in [-0.4, -0.2) is 18.7 Å². The molecule has 2 rings (SSSR count). The number of carbonyl (C=O) groups is 1. The molecule has 0 amide bonds. The van der Waals surface area contributed by atoms with Crippen molar-refractivity contribution in [3.05, 3.63) is 48.6 Å². The van der Waals surface area contributed by atoms with Crippen LogP contribution in [0.3, 0.4) is 0 Å². The Hall–Kier alpha value is -1.61. The normalized spacial score (nSPS) is 28.4. The van der Waals surface area contributed by atoms with Crippen LogP contribution in [-0.2, 0) is 14.3 Å². The van der Waals surface area contributed by atoms with Gasteiger partial charge in [0.2, 0.25) is 0 Å². The van der Waals surface area contributed by atoms with Gasteiger partial charge in [0.15, 0.2) is 0 Å². The maximum Gasteiger partial charge on any atom is 0.311 e. The molecule has 0 radical (unpaired) electrons. The third kappa shape index (κ3) is 2.95. The quantitative estimate of drug-likeness (QED) is 0.614. The van der Waals surface area contributed by atoms with Gasteiger partial charge >= 0.3 is 5.97 Å². The molecule has 22 heavy (non-hydrogen) atoms. The van der Waals surface area contributed by atoms with Crippen molar-refractivity contribution < 1.29 is 14.3 Å². The Morgan fingerprint density at radius 1 is 1.41 bits per heavy atom. The molecule has 120 valence electrons. The molecule has 1 heterocycles. The molecule has 1 aromatic rings. The van der Waals surface area contributed by atoms with Crippen LogP contribution < -0.4 is 0 Å². The fourth-order valence-corrected chi connectivity index (χ4v) is 3.29. The third-order valence-electron chi connectivity index (χ3n) is 4.74. The largest absolute Gasteiger partial charge is 0.469 e. The summed E-state index contributed by atoms with van der Waals surface area (Å²) in [7, 11) is 1.44. The molecule has 1 aliphatic rings. The number of ether oxygens (including phenoxy) is 2. The number of hydrogen-bond acceptors (Lipinski definition) is 3. The summed E-state index contributed by atoms with van der Waals surface area (Å²) in [6, 6.07) is 9.92. The van der Waals surface area contributed by atoms with Crippen molar-refractivity contribution in [2.24, 2.45) is 11.3 Å². The molecule has 0 bridgehead atoms. The van der Waals surface area contributed by atoms with E-state index in [1.807, 2.05) is 36.4 Å². The minimum Gasteiger partial charge on any atom is -0.469 e. The molecular weight excluding hydrogens is 276 g/mol. The lowest BCUT2D eigenvalue weighted by Crippen LogP contribution is -2.42. The van der Waals surface area contributed by atoms with Gasteiger partial charge in [-0.15, -0.1) is 6.58 Å². The molecular formula is C19H26O3. The average Bonchev–Trinajstić information content (AvgIpc) is 2.88. The SMILES string of the molecule is C=CC[C@@]1(C(C)(C)C)C[C@@H](C(=O)OC)[C@H](c2ccccc2)O1. The van der Waals surface area contributed by atoms with E-state index in [1.165, 1.54) is 7.11 Å². The fourth-order valence-electron chi connectivity index (χ4n) is 3.29. The van der Waals surface area contributed by atoms with Gasteiger partial charge in [0.1, 0.15) is 0 Å². The molecule has 0 aromatic heterocycles. The molecule has 1 aromatic carbocycles. The number of carbonyl (C=O) groups excluding carboxylic acids is 1. The molecule has 3 nitrogen and oxygen atoms in total. The average molecular weight is 302 g/mol. The minimum atomic E-state index is -0.409. The lowest BCUT2D eigenvalue weighted by Gasteiger charge is -2.41. The maximum atomic E-state index is 12.3. The van der Waals surface area contributed by atoms with Gasteiger partial charge in [0, 0.05) is 0 Å². The molecule has 3 atom stereocenters. The standard InChI is InChI=1S/C19H26O3/c1-6-12-19(18(2,3)4)13-15(17(20)21-5)16(22-19)14-10-8-7-9-11-14/h6-11,15-16H,1,12-13H2,2-5H3/t15-,16+,19+/m1/s1. The molecule has 0 N–H and O–H groups in total. The summed E-state index contributed by atoms with van der Waals surface area (Å²) in [5, 5.41) is 0. The summed E-state index contributed by atoms with van der Waals surface area (Å²) >= 11 is 0. The predicted octanol–water partition coefficient (Wildman–Crippen LogP) is 4.30. The topological polar surface area (TPSA) is 35.5 Å². The number of esters is 1. The number of hydrogen-bond donors (Lipinski definition) is 0. The van der Waals surface area contributed by atoms with Crippen molar-refractivity contribution in [3.63, 3.8) is 0 Å². The van der Waals surface area contributed by atoms with Crippen LogP contribution in [0.2, 0.25) is 0 Å². The van der Waals surface area contributed by atoms with E-state index in [4.69, 9.17) is 9.47 Å². The van der Waals surface area contributed by atoms with Gasteiger partial charge in [-0.3, -0.25) is 4.79 Å². The monoisotopic (exact) mass is 302 g/mol. The smallest absolute Gasteiger partial charge is 0.311 e. The molecule has 0 spiro atoms. The Kier molecular flexibility index (Phi) is 4.76. The van der Waals surface area contributed by atoms with Crippen LogP contribution in [0.25, 0.3) is 0 Å². The van der Waals surface area contributed by atoms with Crippen LogP contribution in [0.15, 0.2) is 43.0 Å². The van der Waals surface area contributed by atoms with E-state index >= 15 is 0 Å². The van der Waals surface area contributed by atoms with Crippen molar-refractivity contribution in [2.45, 2.75) is 45.3 Å². The Morgan fingerprint density at radius 2 is 2.05 bits per heavy atom. The Labute approximate surface area is 133 Å². The van der Waals surface area contributed by atoms with E-state index in [2.05, 4.69) is 27.4 Å². The highest BCUT2D eigenvalue weighted by Gasteiger charge is 2.55. The summed E-state index contributed by atoms with van der Waals surface area (Å²) in [5.74, 6) is -0.490. The summed E-state index contributed by atoms with van der Waals surface area (Å²) in [5.41, 5.74) is 0.513. The highest BCUT2D eigenvalue weighted by molar-refractivity contribution is 5.74. The summed E-state index contributed by atoms with van der Waals surface area (Å²) < 4.78 is 11.5. The first-order valence-corrected chi connectivity index (χ1v) is 7.76. The van der Waals surface area contributed by atoms with Crippen LogP contribution in [0.1, 0.15) is 45.3 Å². The van der Waals surface area contributed by atoms with E-state index in [9.17, 15) is 4.79 Å². The van der Waals surface area contributed by atoms with Crippen molar-refractivity contribution in [1.29, 1.82) is 0 Å². The Bertz CT molecular complexity index is 529. The molecule has 1 fully saturated rings. The van der Waals surface area contributed by atoms with Crippen molar-refractivity contribution in [3.8, 4) is 0 Å². The Balaban J connectivity index is 2.43. The van der Waals surface area contributed by atoms with Crippen molar-refractivity contribution in [1.82, 2.24) is 0 Å². The number of benzene rings is 1. The highest BCUT2D eigenvalue weighted by atomic mass is 16.5.